The van der Waals surface area contributed by atoms with E-state index in [1.807, 2.05) is 18.2 Å². The van der Waals surface area contributed by atoms with Crippen LogP contribution in [0.3, 0.4) is 0 Å². The summed E-state index contributed by atoms with van der Waals surface area (Å²) in [6.07, 6.45) is 4.54. The lowest BCUT2D eigenvalue weighted by Crippen LogP contribution is -2.40. The molecule has 1 saturated heterocycles. The van der Waals surface area contributed by atoms with Gasteiger partial charge in [0.1, 0.15) is 6.04 Å². The molecule has 0 radical (unpaired) electrons. The molecule has 1 atom stereocenters. The van der Waals surface area contributed by atoms with Crippen molar-refractivity contribution in [2.75, 3.05) is 6.54 Å². The van der Waals surface area contributed by atoms with Crippen molar-refractivity contribution in [1.82, 2.24) is 4.90 Å². The largest absolute Gasteiger partial charge is 0.480 e. The number of rotatable bonds is 3. The van der Waals surface area contributed by atoms with Gasteiger partial charge in [-0.1, -0.05) is 35.9 Å². The third-order valence-corrected chi connectivity index (χ3v) is 4.07. The SMILES string of the molecule is O=C(O)[C@@H]1CCCN1C(=O)CC1=Cc2ccccc2C1. The Hall–Kier alpha value is -2.10. The fourth-order valence-corrected chi connectivity index (χ4v) is 3.08. The minimum absolute atomic E-state index is 0.0612. The second-order valence-electron chi connectivity index (χ2n) is 5.44. The summed E-state index contributed by atoms with van der Waals surface area (Å²) in [7, 11) is 0. The number of benzene rings is 1. The van der Waals surface area contributed by atoms with Crippen molar-refractivity contribution in [3.63, 3.8) is 0 Å². The Morgan fingerprint density at radius 1 is 1.30 bits per heavy atom. The van der Waals surface area contributed by atoms with Gasteiger partial charge in [-0.15, -0.1) is 0 Å². The average molecular weight is 271 g/mol. The van der Waals surface area contributed by atoms with Gasteiger partial charge in [-0.2, -0.15) is 0 Å². The molecule has 1 aromatic rings. The smallest absolute Gasteiger partial charge is 0.326 e. The van der Waals surface area contributed by atoms with E-state index in [-0.39, 0.29) is 5.91 Å². The molecule has 4 heteroatoms. The van der Waals surface area contributed by atoms with E-state index in [1.54, 1.807) is 0 Å². The van der Waals surface area contributed by atoms with E-state index in [2.05, 4.69) is 12.1 Å². The minimum atomic E-state index is -0.889. The van der Waals surface area contributed by atoms with Crippen molar-refractivity contribution in [2.45, 2.75) is 31.7 Å². The number of carboxylic acid groups (broad SMARTS) is 1. The first kappa shape index (κ1) is 12.9. The maximum absolute atomic E-state index is 12.3. The van der Waals surface area contributed by atoms with E-state index in [4.69, 9.17) is 5.11 Å². The van der Waals surface area contributed by atoms with Crippen LogP contribution >= 0.6 is 0 Å². The maximum Gasteiger partial charge on any atom is 0.326 e. The van der Waals surface area contributed by atoms with Crippen LogP contribution in [0.2, 0.25) is 0 Å². The normalized spacial score (nSPS) is 20.7. The Morgan fingerprint density at radius 3 is 2.85 bits per heavy atom. The van der Waals surface area contributed by atoms with Gasteiger partial charge in [-0.25, -0.2) is 4.79 Å². The van der Waals surface area contributed by atoms with Crippen molar-refractivity contribution in [3.8, 4) is 0 Å². The number of nitrogens with zero attached hydrogens (tertiary/aromatic N) is 1. The van der Waals surface area contributed by atoms with Gasteiger partial charge < -0.3 is 10.0 Å². The number of aliphatic carboxylic acids is 1. The summed E-state index contributed by atoms with van der Waals surface area (Å²) in [5.74, 6) is -0.950. The third kappa shape index (κ3) is 2.33. The number of hydrogen-bond acceptors (Lipinski definition) is 2. The Bertz CT molecular complexity index is 591. The minimum Gasteiger partial charge on any atom is -0.480 e. The summed E-state index contributed by atoms with van der Waals surface area (Å²) in [4.78, 5) is 24.9. The predicted octanol–water partition coefficient (Wildman–Crippen LogP) is 2.09. The van der Waals surface area contributed by atoms with Gasteiger partial charge in [0.05, 0.1) is 0 Å². The van der Waals surface area contributed by atoms with Gasteiger partial charge in [0, 0.05) is 13.0 Å². The van der Waals surface area contributed by atoms with Crippen LogP contribution in [-0.4, -0.2) is 34.5 Å². The van der Waals surface area contributed by atoms with Gasteiger partial charge in [0.2, 0.25) is 5.91 Å². The van der Waals surface area contributed by atoms with E-state index in [1.165, 1.54) is 16.0 Å². The molecule has 104 valence electrons. The second kappa shape index (κ2) is 5.12. The summed E-state index contributed by atoms with van der Waals surface area (Å²) in [5, 5.41) is 9.13. The van der Waals surface area contributed by atoms with E-state index in [0.29, 0.717) is 19.4 Å². The van der Waals surface area contributed by atoms with Crippen LogP contribution in [0.4, 0.5) is 0 Å². The molecule has 20 heavy (non-hydrogen) atoms. The van der Waals surface area contributed by atoms with E-state index < -0.39 is 12.0 Å². The average Bonchev–Trinajstić information content (AvgIpc) is 3.04. The number of carbonyl (C=O) groups excluding carboxylic acids is 1. The molecule has 1 aliphatic heterocycles. The summed E-state index contributed by atoms with van der Waals surface area (Å²) in [5.41, 5.74) is 3.49. The van der Waals surface area contributed by atoms with Crippen LogP contribution in [0.5, 0.6) is 0 Å². The number of likely N-dealkylation sites (tertiary alicyclic amines) is 1. The van der Waals surface area contributed by atoms with Crippen molar-refractivity contribution in [1.29, 1.82) is 0 Å². The lowest BCUT2D eigenvalue weighted by molar-refractivity contribution is -0.147. The molecular weight excluding hydrogens is 254 g/mol. The number of hydrogen-bond donors (Lipinski definition) is 1. The predicted molar refractivity (Wildman–Crippen MR) is 75.1 cm³/mol. The Morgan fingerprint density at radius 2 is 2.10 bits per heavy atom. The highest BCUT2D eigenvalue weighted by molar-refractivity contribution is 5.87. The standard InChI is InChI=1S/C16H17NO3/c18-15(17-7-3-6-14(17)16(19)20)10-11-8-12-4-1-2-5-13(12)9-11/h1-2,4-5,8,14H,3,6-7,9-10H2,(H,19,20)/t14-/m0/s1. The van der Waals surface area contributed by atoms with Gasteiger partial charge >= 0.3 is 5.97 Å². The highest BCUT2D eigenvalue weighted by Crippen LogP contribution is 2.28. The van der Waals surface area contributed by atoms with Crippen molar-refractivity contribution in [2.24, 2.45) is 0 Å². The van der Waals surface area contributed by atoms with Crippen LogP contribution in [0.25, 0.3) is 6.08 Å². The van der Waals surface area contributed by atoms with Crippen LogP contribution in [0, 0.1) is 0 Å². The van der Waals surface area contributed by atoms with Gasteiger partial charge in [-0.05, 0) is 30.4 Å². The summed E-state index contributed by atoms with van der Waals surface area (Å²) < 4.78 is 0. The maximum atomic E-state index is 12.3. The van der Waals surface area contributed by atoms with Crippen LogP contribution in [-0.2, 0) is 16.0 Å². The summed E-state index contributed by atoms with van der Waals surface area (Å²) in [6, 6.07) is 7.47. The van der Waals surface area contributed by atoms with Gasteiger partial charge in [0.25, 0.3) is 0 Å². The molecule has 3 rings (SSSR count). The lowest BCUT2D eigenvalue weighted by atomic mass is 10.1. The zero-order valence-corrected chi connectivity index (χ0v) is 11.2. The molecule has 0 spiro atoms. The summed E-state index contributed by atoms with van der Waals surface area (Å²) >= 11 is 0. The number of carbonyl (C=O) groups is 2. The third-order valence-electron chi connectivity index (χ3n) is 4.07. The molecule has 0 bridgehead atoms. The van der Waals surface area contributed by atoms with E-state index in [9.17, 15) is 9.59 Å². The molecule has 1 aliphatic carbocycles. The molecule has 0 aromatic heterocycles. The Balaban J connectivity index is 1.68. The molecule has 0 unspecified atom stereocenters. The molecule has 1 fully saturated rings. The zero-order chi connectivity index (χ0) is 14.1. The monoisotopic (exact) mass is 271 g/mol. The molecule has 1 aromatic carbocycles. The Labute approximate surface area is 117 Å². The van der Waals surface area contributed by atoms with Crippen molar-refractivity contribution >= 4 is 18.0 Å². The van der Waals surface area contributed by atoms with E-state index in [0.717, 1.165) is 18.4 Å². The van der Waals surface area contributed by atoms with Gasteiger partial charge in [0.15, 0.2) is 0 Å². The zero-order valence-electron chi connectivity index (χ0n) is 11.2. The number of fused-ring (bicyclic) bond motifs is 1. The molecule has 1 N–H and O–H groups in total. The fraction of sp³-hybridized carbons (Fsp3) is 0.375. The lowest BCUT2D eigenvalue weighted by Gasteiger charge is -2.21. The second-order valence-corrected chi connectivity index (χ2v) is 5.44. The van der Waals surface area contributed by atoms with Crippen LogP contribution in [0.15, 0.2) is 29.8 Å². The quantitative estimate of drug-likeness (QED) is 0.915. The number of carboxylic acids is 1. The number of amides is 1. The van der Waals surface area contributed by atoms with Crippen LogP contribution in [0.1, 0.15) is 30.4 Å². The first-order valence-electron chi connectivity index (χ1n) is 6.95. The topological polar surface area (TPSA) is 57.6 Å². The molecule has 1 heterocycles. The van der Waals surface area contributed by atoms with Crippen LogP contribution < -0.4 is 0 Å². The van der Waals surface area contributed by atoms with Crippen molar-refractivity contribution in [3.05, 3.63) is 41.0 Å². The van der Waals surface area contributed by atoms with E-state index >= 15 is 0 Å². The first-order valence-corrected chi connectivity index (χ1v) is 6.95. The molecule has 0 saturated carbocycles. The summed E-state index contributed by atoms with van der Waals surface area (Å²) in [6.45, 7) is 0.566. The Kier molecular flexibility index (Phi) is 3.30. The first-order chi connectivity index (χ1) is 9.65. The highest BCUT2D eigenvalue weighted by Gasteiger charge is 2.34. The highest BCUT2D eigenvalue weighted by atomic mass is 16.4. The van der Waals surface area contributed by atoms with Gasteiger partial charge in [-0.3, -0.25) is 4.79 Å². The molecule has 4 nitrogen and oxygen atoms in total. The molecule has 2 aliphatic rings. The molecular formula is C16H17NO3. The molecule has 1 amide bonds. The fourth-order valence-electron chi connectivity index (χ4n) is 3.08. The van der Waals surface area contributed by atoms with Crippen molar-refractivity contribution < 1.29 is 14.7 Å².